The van der Waals surface area contributed by atoms with Crippen LogP contribution in [0.2, 0.25) is 0 Å². The topological polar surface area (TPSA) is 81.1 Å². The van der Waals surface area contributed by atoms with Crippen LogP contribution in [0.1, 0.15) is 12.0 Å². The summed E-state index contributed by atoms with van der Waals surface area (Å²) < 4.78 is 0. The van der Waals surface area contributed by atoms with E-state index in [1.807, 2.05) is 11.8 Å². The van der Waals surface area contributed by atoms with Crippen LogP contribution < -0.4 is 16.4 Å². The van der Waals surface area contributed by atoms with E-state index in [1.54, 1.807) is 0 Å². The number of fused-ring (bicyclic) bond motifs is 3. The first-order valence-electron chi connectivity index (χ1n) is 7.61. The van der Waals surface area contributed by atoms with Gasteiger partial charge in [0.15, 0.2) is 0 Å². The highest BCUT2D eigenvalue weighted by atomic mass is 32.2. The van der Waals surface area contributed by atoms with Crippen LogP contribution in [0.15, 0.2) is 29.2 Å². The second-order valence-electron chi connectivity index (χ2n) is 5.82. The van der Waals surface area contributed by atoms with Gasteiger partial charge in [-0.2, -0.15) is 4.98 Å². The maximum absolute atomic E-state index is 6.06. The maximum atomic E-state index is 6.06. The Morgan fingerprint density at radius 1 is 1.23 bits per heavy atom. The minimum atomic E-state index is 0.222. The Bertz CT molecular complexity index is 718. The fraction of sp³-hybridized carbons (Fsp3) is 0.375. The Morgan fingerprint density at radius 2 is 2.09 bits per heavy atom. The Kier molecular flexibility index (Phi) is 3.43. The number of anilines is 2. The highest BCUT2D eigenvalue weighted by Crippen LogP contribution is 2.40. The second-order valence-corrected chi connectivity index (χ2v) is 6.96. The fourth-order valence-corrected chi connectivity index (χ4v) is 4.26. The molecule has 3 heterocycles. The first kappa shape index (κ1) is 13.8. The Labute approximate surface area is 134 Å². The summed E-state index contributed by atoms with van der Waals surface area (Å²) in [4.78, 5) is 12.6. The Morgan fingerprint density at radius 3 is 2.91 bits per heavy atom. The van der Waals surface area contributed by atoms with E-state index >= 15 is 0 Å². The minimum absolute atomic E-state index is 0.222. The van der Waals surface area contributed by atoms with Gasteiger partial charge in [0.25, 0.3) is 0 Å². The van der Waals surface area contributed by atoms with Crippen LogP contribution in [0.4, 0.5) is 11.8 Å². The largest absolute Gasteiger partial charge is 0.368 e. The predicted molar refractivity (Wildman–Crippen MR) is 91.1 cm³/mol. The monoisotopic (exact) mass is 313 g/mol. The van der Waals surface area contributed by atoms with Gasteiger partial charge in [0.2, 0.25) is 5.95 Å². The number of hydrogen-bond donors (Lipinski definition) is 2. The summed E-state index contributed by atoms with van der Waals surface area (Å²) in [5, 5.41) is 0. The van der Waals surface area contributed by atoms with Crippen molar-refractivity contribution in [1.82, 2.24) is 9.97 Å². The molecule has 2 aromatic rings. The molecule has 2 aliphatic rings. The predicted octanol–water partition coefficient (Wildman–Crippen LogP) is 1.91. The van der Waals surface area contributed by atoms with Crippen molar-refractivity contribution in [2.24, 2.45) is 5.73 Å². The molecule has 6 heteroatoms. The Hall–Kier alpha value is -1.79. The van der Waals surface area contributed by atoms with Crippen LogP contribution in [0, 0.1) is 0 Å². The minimum Gasteiger partial charge on any atom is -0.368 e. The average Bonchev–Trinajstić information content (AvgIpc) is 2.86. The SMILES string of the molecule is Nc1nc2c(c(N3CC[C@@H](N)C3)n1)CCSc1ccccc1-2. The number of thioether (sulfide) groups is 1. The highest BCUT2D eigenvalue weighted by Gasteiger charge is 2.27. The van der Waals surface area contributed by atoms with Crippen molar-refractivity contribution < 1.29 is 0 Å². The van der Waals surface area contributed by atoms with Gasteiger partial charge in [-0.25, -0.2) is 4.98 Å². The van der Waals surface area contributed by atoms with Crippen LogP contribution in [0.25, 0.3) is 11.3 Å². The van der Waals surface area contributed by atoms with Gasteiger partial charge in [0, 0.05) is 40.9 Å². The molecule has 114 valence electrons. The van der Waals surface area contributed by atoms with Crippen molar-refractivity contribution in [1.29, 1.82) is 0 Å². The van der Waals surface area contributed by atoms with Crippen molar-refractivity contribution in [2.45, 2.75) is 23.8 Å². The van der Waals surface area contributed by atoms with E-state index in [1.165, 1.54) is 16.0 Å². The van der Waals surface area contributed by atoms with Crippen molar-refractivity contribution in [3.05, 3.63) is 29.8 Å². The molecule has 1 saturated heterocycles. The summed E-state index contributed by atoms with van der Waals surface area (Å²) in [7, 11) is 0. The van der Waals surface area contributed by atoms with Gasteiger partial charge in [0.05, 0.1) is 5.69 Å². The standard InChI is InChI=1S/C16H19N5S/c17-10-5-7-21(9-10)15-12-6-8-22-13-4-2-1-3-11(13)14(12)19-16(18)20-15/h1-4,10H,5-9,17H2,(H2,18,19,20)/t10-/m1/s1. The van der Waals surface area contributed by atoms with Crippen molar-refractivity contribution in [2.75, 3.05) is 29.5 Å². The maximum Gasteiger partial charge on any atom is 0.222 e. The molecule has 0 amide bonds. The van der Waals surface area contributed by atoms with Gasteiger partial charge in [-0.3, -0.25) is 0 Å². The number of hydrogen-bond acceptors (Lipinski definition) is 6. The lowest BCUT2D eigenvalue weighted by atomic mass is 10.0. The molecule has 0 radical (unpaired) electrons. The molecule has 4 rings (SSSR count). The third-order valence-corrected chi connectivity index (χ3v) is 5.35. The highest BCUT2D eigenvalue weighted by molar-refractivity contribution is 7.99. The third kappa shape index (κ3) is 2.32. The molecule has 1 aromatic heterocycles. The number of rotatable bonds is 1. The van der Waals surface area contributed by atoms with Gasteiger partial charge >= 0.3 is 0 Å². The first-order valence-corrected chi connectivity index (χ1v) is 8.60. The van der Waals surface area contributed by atoms with Crippen LogP contribution in [0.5, 0.6) is 0 Å². The summed E-state index contributed by atoms with van der Waals surface area (Å²) >= 11 is 1.87. The van der Waals surface area contributed by atoms with Gasteiger partial charge in [-0.1, -0.05) is 18.2 Å². The number of benzene rings is 1. The van der Waals surface area contributed by atoms with E-state index in [2.05, 4.69) is 39.1 Å². The molecule has 0 bridgehead atoms. The summed E-state index contributed by atoms with van der Waals surface area (Å²) in [6.45, 7) is 1.79. The molecule has 0 spiro atoms. The van der Waals surface area contributed by atoms with E-state index in [9.17, 15) is 0 Å². The van der Waals surface area contributed by atoms with E-state index in [0.29, 0.717) is 5.95 Å². The van der Waals surface area contributed by atoms with Crippen LogP contribution in [-0.2, 0) is 6.42 Å². The zero-order valence-electron chi connectivity index (χ0n) is 12.3. The van der Waals surface area contributed by atoms with Crippen LogP contribution >= 0.6 is 11.8 Å². The number of nitrogen functional groups attached to an aromatic ring is 1. The molecular weight excluding hydrogens is 294 g/mol. The number of nitrogens with two attached hydrogens (primary N) is 2. The summed E-state index contributed by atoms with van der Waals surface area (Å²) in [6, 6.07) is 8.62. The lowest BCUT2D eigenvalue weighted by Gasteiger charge is -2.22. The van der Waals surface area contributed by atoms with Gasteiger partial charge < -0.3 is 16.4 Å². The molecule has 1 atom stereocenters. The van der Waals surface area contributed by atoms with E-state index in [4.69, 9.17) is 11.5 Å². The molecule has 4 N–H and O–H groups in total. The number of aromatic nitrogens is 2. The van der Waals surface area contributed by atoms with Gasteiger partial charge in [-0.05, 0) is 18.9 Å². The molecule has 0 unspecified atom stereocenters. The summed E-state index contributed by atoms with van der Waals surface area (Å²) in [5.41, 5.74) is 15.4. The Balaban J connectivity index is 1.89. The molecular formula is C16H19N5S. The fourth-order valence-electron chi connectivity index (χ4n) is 3.23. The third-order valence-electron chi connectivity index (χ3n) is 4.28. The molecule has 0 saturated carbocycles. The lowest BCUT2D eigenvalue weighted by molar-refractivity contribution is 0.751. The second kappa shape index (κ2) is 5.44. The van der Waals surface area contributed by atoms with Crippen LogP contribution in [-0.4, -0.2) is 34.9 Å². The van der Waals surface area contributed by atoms with E-state index in [-0.39, 0.29) is 6.04 Å². The summed E-state index contributed by atoms with van der Waals surface area (Å²) in [6.07, 6.45) is 1.96. The number of nitrogens with zero attached hydrogens (tertiary/aromatic N) is 3. The summed E-state index contributed by atoms with van der Waals surface area (Å²) in [5.74, 6) is 2.35. The van der Waals surface area contributed by atoms with Gasteiger partial charge in [0.1, 0.15) is 5.82 Å². The smallest absolute Gasteiger partial charge is 0.222 e. The molecule has 22 heavy (non-hydrogen) atoms. The first-order chi connectivity index (χ1) is 10.7. The quantitative estimate of drug-likeness (QED) is 0.837. The zero-order chi connectivity index (χ0) is 15.1. The van der Waals surface area contributed by atoms with E-state index in [0.717, 1.165) is 43.2 Å². The molecule has 1 aromatic carbocycles. The lowest BCUT2D eigenvalue weighted by Crippen LogP contribution is -2.28. The molecule has 1 fully saturated rings. The zero-order valence-corrected chi connectivity index (χ0v) is 13.1. The van der Waals surface area contributed by atoms with Crippen molar-refractivity contribution in [3.8, 4) is 11.3 Å². The average molecular weight is 313 g/mol. The normalized spacial score (nSPS) is 20.4. The molecule has 0 aliphatic carbocycles. The van der Waals surface area contributed by atoms with Gasteiger partial charge in [-0.15, -0.1) is 11.8 Å². The van der Waals surface area contributed by atoms with Crippen molar-refractivity contribution >= 4 is 23.5 Å². The van der Waals surface area contributed by atoms with Crippen LogP contribution in [0.3, 0.4) is 0 Å². The van der Waals surface area contributed by atoms with E-state index < -0.39 is 0 Å². The molecule has 2 aliphatic heterocycles. The molecule has 5 nitrogen and oxygen atoms in total. The van der Waals surface area contributed by atoms with Crippen molar-refractivity contribution in [3.63, 3.8) is 0 Å².